The quantitative estimate of drug-likeness (QED) is 0.282. The molecule has 1 aliphatic carbocycles. The Bertz CT molecular complexity index is 1010. The predicted octanol–water partition coefficient (Wildman–Crippen LogP) is 6.18. The Morgan fingerprint density at radius 3 is 2.48 bits per heavy atom. The van der Waals surface area contributed by atoms with E-state index in [1.807, 2.05) is 6.07 Å². The van der Waals surface area contributed by atoms with Crippen molar-refractivity contribution in [1.29, 1.82) is 0 Å². The van der Waals surface area contributed by atoms with E-state index in [1.54, 1.807) is 24.3 Å². The normalized spacial score (nSPS) is 20.3. The molecule has 2 aliphatic rings. The van der Waals surface area contributed by atoms with Crippen molar-refractivity contribution in [3.8, 4) is 11.5 Å². The number of benzene rings is 2. The number of amides is 1. The molecule has 0 aromatic heterocycles. The lowest BCUT2D eigenvalue weighted by Crippen LogP contribution is -2.20. The Labute approximate surface area is 199 Å². The molecular weight excluding hydrogens is 442 g/mol. The van der Waals surface area contributed by atoms with Gasteiger partial charge in [0.05, 0.1) is 18.2 Å². The minimum Gasteiger partial charge on any atom is -0.493 e. The molecule has 1 saturated carbocycles. The van der Waals surface area contributed by atoms with Crippen LogP contribution in [0.4, 0.5) is 4.79 Å². The third-order valence-electron chi connectivity index (χ3n) is 6.46. The first-order valence-corrected chi connectivity index (χ1v) is 11.9. The van der Waals surface area contributed by atoms with Crippen LogP contribution < -0.4 is 14.8 Å². The van der Waals surface area contributed by atoms with Crippen LogP contribution in [0.5, 0.6) is 11.5 Å². The molecule has 2 fully saturated rings. The number of carbonyl (C=O) groups is 2. The number of hydrogen-bond donors (Lipinski definition) is 1. The molecule has 0 radical (unpaired) electrons. The van der Waals surface area contributed by atoms with Crippen LogP contribution >= 0.6 is 11.6 Å². The van der Waals surface area contributed by atoms with Gasteiger partial charge in [-0.3, -0.25) is 0 Å². The van der Waals surface area contributed by atoms with Crippen LogP contribution in [0.2, 0.25) is 5.02 Å². The van der Waals surface area contributed by atoms with Gasteiger partial charge in [-0.1, -0.05) is 43.6 Å². The topological polar surface area (TPSA) is 73.9 Å². The van der Waals surface area contributed by atoms with E-state index in [9.17, 15) is 9.59 Å². The molecular formula is C26H30ClNO5. The first kappa shape index (κ1) is 23.4. The molecule has 6 nitrogen and oxygen atoms in total. The van der Waals surface area contributed by atoms with E-state index in [2.05, 4.69) is 36.0 Å². The van der Waals surface area contributed by atoms with Crippen LogP contribution in [0, 0.1) is 5.41 Å². The second-order valence-corrected chi connectivity index (χ2v) is 9.94. The molecule has 1 unspecified atom stereocenters. The second kappa shape index (κ2) is 10.0. The molecule has 0 bridgehead atoms. The smallest absolute Gasteiger partial charge is 0.415 e. The Morgan fingerprint density at radius 1 is 1.03 bits per heavy atom. The monoisotopic (exact) mass is 471 g/mol. The van der Waals surface area contributed by atoms with Crippen molar-refractivity contribution in [2.75, 3.05) is 13.2 Å². The highest BCUT2D eigenvalue weighted by Crippen LogP contribution is 2.43. The zero-order valence-corrected chi connectivity index (χ0v) is 19.8. The first-order chi connectivity index (χ1) is 15.8. The molecule has 1 heterocycles. The summed E-state index contributed by atoms with van der Waals surface area (Å²) in [5.41, 5.74) is 2.37. The molecule has 2 aromatic rings. The minimum atomic E-state index is -0.797. The highest BCUT2D eigenvalue weighted by atomic mass is 35.5. The number of rotatable bonds is 8. The molecule has 1 atom stereocenters. The first-order valence-electron chi connectivity index (χ1n) is 11.5. The van der Waals surface area contributed by atoms with Crippen molar-refractivity contribution >= 4 is 23.7 Å². The number of esters is 1. The van der Waals surface area contributed by atoms with Gasteiger partial charge in [0.1, 0.15) is 11.5 Å². The van der Waals surface area contributed by atoms with E-state index in [0.29, 0.717) is 53.1 Å². The molecule has 1 saturated heterocycles. The zero-order chi connectivity index (χ0) is 23.4. The van der Waals surface area contributed by atoms with E-state index in [1.165, 1.54) is 31.2 Å². The van der Waals surface area contributed by atoms with Crippen LogP contribution in [-0.2, 0) is 9.53 Å². The van der Waals surface area contributed by atoms with E-state index in [0.717, 1.165) is 0 Å². The second-order valence-electron chi connectivity index (χ2n) is 9.54. The van der Waals surface area contributed by atoms with Crippen molar-refractivity contribution in [3.05, 3.63) is 58.6 Å². The molecule has 7 heteroatoms. The standard InChI is InChI=1S/C26H30ClNO5/c1-26(2)11-9-17(10-12-26)18-7-8-22(21(27)16-18)32-14-4-13-31-20-6-3-5-19(15-20)23-24(29)33-25(30)28-23/h3,5-8,15-17,23H,4,9-14H2,1-2H3,(H,28,30). The average molecular weight is 472 g/mol. The molecule has 2 aromatic carbocycles. The summed E-state index contributed by atoms with van der Waals surface area (Å²) in [5.74, 6) is 1.27. The Hall–Kier alpha value is -2.73. The van der Waals surface area contributed by atoms with E-state index < -0.39 is 18.1 Å². The van der Waals surface area contributed by atoms with Crippen molar-refractivity contribution in [3.63, 3.8) is 0 Å². The highest BCUT2D eigenvalue weighted by molar-refractivity contribution is 6.32. The maximum atomic E-state index is 11.7. The summed E-state index contributed by atoms with van der Waals surface area (Å²) in [7, 11) is 0. The SMILES string of the molecule is CC1(C)CCC(c2ccc(OCCCOc3cccc(C4NC(=O)OC4=O)c3)c(Cl)c2)CC1. The van der Waals surface area contributed by atoms with Crippen LogP contribution in [-0.4, -0.2) is 25.3 Å². The van der Waals surface area contributed by atoms with Crippen LogP contribution in [0.15, 0.2) is 42.5 Å². The molecule has 33 heavy (non-hydrogen) atoms. The maximum Gasteiger partial charge on any atom is 0.415 e. The third kappa shape index (κ3) is 5.99. The number of halogens is 1. The summed E-state index contributed by atoms with van der Waals surface area (Å²) in [4.78, 5) is 22.9. The van der Waals surface area contributed by atoms with E-state index in [4.69, 9.17) is 21.1 Å². The zero-order valence-electron chi connectivity index (χ0n) is 19.1. The van der Waals surface area contributed by atoms with Crippen molar-refractivity contribution < 1.29 is 23.8 Å². The molecule has 1 amide bonds. The van der Waals surface area contributed by atoms with Crippen LogP contribution in [0.25, 0.3) is 0 Å². The largest absolute Gasteiger partial charge is 0.493 e. The number of carbonyl (C=O) groups excluding carboxylic acids is 2. The molecule has 4 rings (SSSR count). The van der Waals surface area contributed by atoms with Crippen LogP contribution in [0.3, 0.4) is 0 Å². The summed E-state index contributed by atoms with van der Waals surface area (Å²) < 4.78 is 16.2. The van der Waals surface area contributed by atoms with E-state index in [-0.39, 0.29) is 0 Å². The van der Waals surface area contributed by atoms with Gasteiger partial charge < -0.3 is 19.5 Å². The van der Waals surface area contributed by atoms with Gasteiger partial charge in [0.2, 0.25) is 0 Å². The number of hydrogen-bond acceptors (Lipinski definition) is 5. The summed E-state index contributed by atoms with van der Waals surface area (Å²) in [6.07, 6.45) is 4.84. The number of cyclic esters (lactones) is 2. The molecule has 176 valence electrons. The van der Waals surface area contributed by atoms with Crippen LogP contribution in [0.1, 0.15) is 69.0 Å². The number of nitrogens with one attached hydrogen (secondary N) is 1. The lowest BCUT2D eigenvalue weighted by molar-refractivity contribution is -0.135. The Morgan fingerprint density at radius 2 is 1.79 bits per heavy atom. The number of alkyl carbamates (subject to hydrolysis) is 1. The van der Waals surface area contributed by atoms with Gasteiger partial charge in [-0.05, 0) is 72.4 Å². The van der Waals surface area contributed by atoms with E-state index >= 15 is 0 Å². The fourth-order valence-electron chi connectivity index (χ4n) is 4.41. The molecule has 1 aliphatic heterocycles. The lowest BCUT2D eigenvalue weighted by atomic mass is 9.71. The third-order valence-corrected chi connectivity index (χ3v) is 6.76. The maximum absolute atomic E-state index is 11.7. The summed E-state index contributed by atoms with van der Waals surface area (Å²) in [5, 5.41) is 3.13. The van der Waals surface area contributed by atoms with Gasteiger partial charge in [0.15, 0.2) is 6.04 Å². The van der Waals surface area contributed by atoms with Gasteiger partial charge in [-0.25, -0.2) is 9.59 Å². The Balaban J connectivity index is 1.22. The highest BCUT2D eigenvalue weighted by Gasteiger charge is 2.33. The molecule has 0 spiro atoms. The number of ether oxygens (including phenoxy) is 3. The Kier molecular flexibility index (Phi) is 7.13. The average Bonchev–Trinajstić information content (AvgIpc) is 3.12. The summed E-state index contributed by atoms with van der Waals surface area (Å²) >= 11 is 6.49. The van der Waals surface area contributed by atoms with Gasteiger partial charge >= 0.3 is 12.1 Å². The predicted molar refractivity (Wildman–Crippen MR) is 126 cm³/mol. The summed E-state index contributed by atoms with van der Waals surface area (Å²) in [6.45, 7) is 5.61. The summed E-state index contributed by atoms with van der Waals surface area (Å²) in [6, 6.07) is 12.4. The fourth-order valence-corrected chi connectivity index (χ4v) is 4.66. The molecule has 1 N–H and O–H groups in total. The van der Waals surface area contributed by atoms with Crippen molar-refractivity contribution in [1.82, 2.24) is 5.32 Å². The minimum absolute atomic E-state index is 0.443. The van der Waals surface area contributed by atoms with Crippen molar-refractivity contribution in [2.24, 2.45) is 5.41 Å². The van der Waals surface area contributed by atoms with Gasteiger partial charge in [-0.2, -0.15) is 0 Å². The lowest BCUT2D eigenvalue weighted by Gasteiger charge is -2.34. The fraction of sp³-hybridized carbons (Fsp3) is 0.462. The van der Waals surface area contributed by atoms with Gasteiger partial charge in [0, 0.05) is 6.42 Å². The van der Waals surface area contributed by atoms with Crippen molar-refractivity contribution in [2.45, 2.75) is 57.9 Å². The van der Waals surface area contributed by atoms with Gasteiger partial charge in [0.25, 0.3) is 0 Å². The van der Waals surface area contributed by atoms with Gasteiger partial charge in [-0.15, -0.1) is 0 Å².